The van der Waals surface area contributed by atoms with Gasteiger partial charge in [-0.25, -0.2) is 14.2 Å². The second kappa shape index (κ2) is 33.8. The predicted molar refractivity (Wildman–Crippen MR) is 232 cm³/mol. The van der Waals surface area contributed by atoms with Crippen LogP contribution in [0.4, 0.5) is 0 Å². The van der Waals surface area contributed by atoms with Gasteiger partial charge in [-0.3, -0.25) is 4.79 Å². The highest BCUT2D eigenvalue weighted by Crippen LogP contribution is 2.15. The minimum absolute atomic E-state index is 0.135. The van der Waals surface area contributed by atoms with Gasteiger partial charge in [0.1, 0.15) is 6.33 Å². The van der Waals surface area contributed by atoms with Crippen molar-refractivity contribution in [3.05, 3.63) is 22.5 Å². The Hall–Kier alpha value is -2.33. The summed E-state index contributed by atoms with van der Waals surface area (Å²) in [6.07, 6.45) is 42.9. The second-order valence-corrected chi connectivity index (χ2v) is 16.6. The van der Waals surface area contributed by atoms with Gasteiger partial charge in [-0.15, -0.1) is 5.10 Å². The highest BCUT2D eigenvalue weighted by molar-refractivity contribution is 5.97. The predicted octanol–water partition coefficient (Wildman–Crippen LogP) is 10.5. The molecule has 2 aromatic rings. The van der Waals surface area contributed by atoms with E-state index >= 15 is 0 Å². The van der Waals surface area contributed by atoms with Gasteiger partial charge in [0.2, 0.25) is 0 Å². The average Bonchev–Trinajstić information content (AvgIpc) is 3.63. The Morgan fingerprint density at radius 1 is 0.582 bits per heavy atom. The van der Waals surface area contributed by atoms with Crippen molar-refractivity contribution in [2.45, 2.75) is 206 Å². The number of amides is 1. The quantitative estimate of drug-likeness (QED) is 0.0676. The lowest BCUT2D eigenvalue weighted by Crippen LogP contribution is -2.32. The van der Waals surface area contributed by atoms with Crippen LogP contribution in [-0.2, 0) is 7.05 Å². The summed E-state index contributed by atoms with van der Waals surface area (Å²) in [7, 11) is 3.70. The summed E-state index contributed by atoms with van der Waals surface area (Å²) in [5.74, 6) is -0.324. The average molecular weight is 771 g/mol. The molecule has 0 radical (unpaired) electrons. The van der Waals surface area contributed by atoms with Gasteiger partial charge in [0, 0.05) is 13.6 Å². The first-order valence-electron chi connectivity index (χ1n) is 23.4. The normalized spacial score (nSPS) is 11.8. The maximum absolute atomic E-state index is 12.7. The van der Waals surface area contributed by atoms with Crippen LogP contribution in [0.3, 0.4) is 0 Å². The summed E-state index contributed by atoms with van der Waals surface area (Å²) in [5.41, 5.74) is -0.0578. The van der Waals surface area contributed by atoms with Gasteiger partial charge in [0.15, 0.2) is 11.3 Å². The largest absolute Gasteiger partial charge is 0.352 e. The molecule has 0 aliphatic heterocycles. The Morgan fingerprint density at radius 3 is 1.44 bits per heavy atom. The number of imidazole rings is 1. The van der Waals surface area contributed by atoms with Crippen molar-refractivity contribution < 1.29 is 4.79 Å². The van der Waals surface area contributed by atoms with Gasteiger partial charge in [-0.2, -0.15) is 4.68 Å². The standard InChI is InChI=1S/C45H86N8O2/c1-5-7-9-11-13-15-17-19-21-23-25-27-29-31-38-52(39-32-30-28-26-24-22-20-18-16-14-12-10-8-6-2)40-34-37-50(3)36-33-35-46-44(54)42-43-48-49-51(4)45(55)53(43)41-47-42/h41H,5-40H2,1-4H3,(H,46,54). The number of carbonyl (C=O) groups is 1. The summed E-state index contributed by atoms with van der Waals surface area (Å²) < 4.78 is 2.37. The van der Waals surface area contributed by atoms with Gasteiger partial charge in [-0.05, 0) is 65.5 Å². The molecule has 0 aliphatic carbocycles. The summed E-state index contributed by atoms with van der Waals surface area (Å²) in [4.78, 5) is 34.1. The summed E-state index contributed by atoms with van der Waals surface area (Å²) in [6.45, 7) is 10.8. The summed E-state index contributed by atoms with van der Waals surface area (Å²) >= 11 is 0. The molecule has 2 aromatic heterocycles. The minimum Gasteiger partial charge on any atom is -0.351 e. The van der Waals surface area contributed by atoms with Crippen LogP contribution in [0.2, 0.25) is 0 Å². The Morgan fingerprint density at radius 2 is 0.982 bits per heavy atom. The minimum atomic E-state index is -0.379. The molecule has 1 amide bonds. The van der Waals surface area contributed by atoms with Crippen LogP contribution < -0.4 is 11.0 Å². The molecule has 0 fully saturated rings. The smallest absolute Gasteiger partial charge is 0.351 e. The van der Waals surface area contributed by atoms with Crippen LogP contribution in [0.15, 0.2) is 11.1 Å². The molecule has 0 unspecified atom stereocenters. The van der Waals surface area contributed by atoms with Crippen molar-refractivity contribution in [2.75, 3.05) is 46.3 Å². The monoisotopic (exact) mass is 771 g/mol. The van der Waals surface area contributed by atoms with Crippen LogP contribution in [0, 0.1) is 0 Å². The van der Waals surface area contributed by atoms with E-state index in [0.29, 0.717) is 6.54 Å². The van der Waals surface area contributed by atoms with Crippen molar-refractivity contribution in [2.24, 2.45) is 7.05 Å². The molecule has 0 spiro atoms. The van der Waals surface area contributed by atoms with E-state index in [1.165, 1.54) is 224 Å². The lowest BCUT2D eigenvalue weighted by molar-refractivity contribution is 0.0949. The Bertz CT molecular complexity index is 1220. The Kier molecular flexibility index (Phi) is 30.0. The number of aryl methyl sites for hydroxylation is 1. The second-order valence-electron chi connectivity index (χ2n) is 16.6. The summed E-state index contributed by atoms with van der Waals surface area (Å²) in [5, 5.41) is 10.7. The van der Waals surface area contributed by atoms with Crippen LogP contribution in [0.1, 0.15) is 217 Å². The third kappa shape index (κ3) is 24.1. The number of nitrogens with one attached hydrogen (secondary N) is 1. The fourth-order valence-corrected chi connectivity index (χ4v) is 7.75. The molecule has 10 nitrogen and oxygen atoms in total. The zero-order chi connectivity index (χ0) is 39.6. The van der Waals surface area contributed by atoms with E-state index in [2.05, 4.69) is 51.3 Å². The van der Waals surface area contributed by atoms with Crippen LogP contribution in [-0.4, -0.2) is 86.4 Å². The molecule has 2 heterocycles. The molecule has 0 aromatic carbocycles. The first-order valence-corrected chi connectivity index (χ1v) is 23.4. The van der Waals surface area contributed by atoms with Crippen LogP contribution >= 0.6 is 0 Å². The molecule has 318 valence electrons. The number of fused-ring (bicyclic) bond motifs is 1. The lowest BCUT2D eigenvalue weighted by atomic mass is 10.0. The van der Waals surface area contributed by atoms with Crippen molar-refractivity contribution in [1.29, 1.82) is 0 Å². The number of aromatic nitrogens is 5. The van der Waals surface area contributed by atoms with Gasteiger partial charge >= 0.3 is 5.69 Å². The molecule has 0 saturated heterocycles. The van der Waals surface area contributed by atoms with Gasteiger partial charge in [-0.1, -0.05) is 186 Å². The Labute approximate surface area is 337 Å². The van der Waals surface area contributed by atoms with E-state index in [4.69, 9.17) is 0 Å². The first kappa shape index (κ1) is 48.8. The maximum Gasteiger partial charge on any atom is 0.352 e. The Balaban J connectivity index is 1.59. The van der Waals surface area contributed by atoms with Gasteiger partial charge in [0.25, 0.3) is 5.91 Å². The number of unbranched alkanes of at least 4 members (excludes halogenated alkanes) is 26. The number of rotatable bonds is 39. The third-order valence-electron chi connectivity index (χ3n) is 11.4. The lowest BCUT2D eigenvalue weighted by Gasteiger charge is -2.24. The molecule has 55 heavy (non-hydrogen) atoms. The van der Waals surface area contributed by atoms with Crippen molar-refractivity contribution in [3.8, 4) is 0 Å². The number of hydrogen-bond acceptors (Lipinski definition) is 7. The molecule has 0 saturated carbocycles. The number of carbonyl (C=O) groups excluding carboxylic acids is 1. The van der Waals surface area contributed by atoms with Gasteiger partial charge in [0.05, 0.1) is 0 Å². The molecule has 0 atom stereocenters. The topological polar surface area (TPSA) is 101 Å². The first-order chi connectivity index (χ1) is 27.0. The molecule has 10 heteroatoms. The highest BCUT2D eigenvalue weighted by atomic mass is 16.2. The third-order valence-corrected chi connectivity index (χ3v) is 11.4. The molecular formula is C45H86N8O2. The van der Waals surface area contributed by atoms with E-state index in [-0.39, 0.29) is 22.9 Å². The van der Waals surface area contributed by atoms with Crippen molar-refractivity contribution in [1.82, 2.24) is 39.5 Å². The van der Waals surface area contributed by atoms with E-state index in [1.54, 1.807) is 0 Å². The molecule has 0 bridgehead atoms. The van der Waals surface area contributed by atoms with E-state index in [0.717, 1.165) is 24.2 Å². The van der Waals surface area contributed by atoms with Crippen LogP contribution in [0.25, 0.3) is 5.65 Å². The molecule has 2 rings (SSSR count). The fourth-order valence-electron chi connectivity index (χ4n) is 7.75. The highest BCUT2D eigenvalue weighted by Gasteiger charge is 2.17. The molecule has 1 N–H and O–H groups in total. The zero-order valence-electron chi connectivity index (χ0n) is 36.5. The molecular weight excluding hydrogens is 685 g/mol. The van der Waals surface area contributed by atoms with Gasteiger partial charge < -0.3 is 15.1 Å². The van der Waals surface area contributed by atoms with E-state index in [9.17, 15) is 9.59 Å². The van der Waals surface area contributed by atoms with Crippen molar-refractivity contribution in [3.63, 3.8) is 0 Å². The van der Waals surface area contributed by atoms with Crippen molar-refractivity contribution >= 4 is 11.6 Å². The maximum atomic E-state index is 12.7. The van der Waals surface area contributed by atoms with E-state index in [1.807, 2.05) is 0 Å². The zero-order valence-corrected chi connectivity index (χ0v) is 36.5. The SMILES string of the molecule is CCCCCCCCCCCCCCCCN(CCCCCCCCCCCCCCCC)CCCN(C)CCCNC(=O)c1ncn2c(=O)n(C)nnc12. The molecule has 0 aliphatic rings. The number of nitrogens with zero attached hydrogens (tertiary/aromatic N) is 7. The summed E-state index contributed by atoms with van der Waals surface area (Å²) in [6, 6.07) is 0. The fraction of sp³-hybridized carbons (Fsp3) is 0.889. The van der Waals surface area contributed by atoms with E-state index < -0.39 is 0 Å². The number of hydrogen-bond donors (Lipinski definition) is 1. The van der Waals surface area contributed by atoms with Crippen LogP contribution in [0.5, 0.6) is 0 Å².